The van der Waals surface area contributed by atoms with Crippen molar-refractivity contribution in [3.63, 3.8) is 0 Å². The molecule has 1 amide bonds. The Labute approximate surface area is 246 Å². The van der Waals surface area contributed by atoms with Crippen molar-refractivity contribution in [2.24, 2.45) is 5.92 Å². The summed E-state index contributed by atoms with van der Waals surface area (Å²) in [5.74, 6) is 0.188. The third kappa shape index (κ3) is 4.56. The molecule has 1 aliphatic carbocycles. The Morgan fingerprint density at radius 2 is 1.95 bits per heavy atom. The fourth-order valence-corrected chi connectivity index (χ4v) is 5.83. The number of nitrogens with one attached hydrogen (secondary N) is 1. The Morgan fingerprint density at radius 3 is 2.67 bits per heavy atom. The number of hydrogen-bond acceptors (Lipinski definition) is 8. The summed E-state index contributed by atoms with van der Waals surface area (Å²) in [7, 11) is 1.53. The molecule has 0 saturated heterocycles. The fourth-order valence-electron chi connectivity index (χ4n) is 5.83. The fraction of sp³-hybridized carbons (Fsp3) is 0.281. The summed E-state index contributed by atoms with van der Waals surface area (Å²) in [5, 5.41) is 24.0. The van der Waals surface area contributed by atoms with E-state index in [1.807, 2.05) is 23.6 Å². The standard InChI is InChI=1S/C32H29FN6O4/c1-31(39-17-36-37-18-39)16-43-29-24(31)14-26(38-28(29)19-5-9-23(33)10-6-19)32(41,22-7-8-22)15-35-30(40)21-12-20-4-3-11-34-27(20)25(13-21)42-2/h3-6,9-14,17-18,22,41H,7-8,15-16H2,1-2H3,(H,35,40)/t31-,32?/m0/s1. The van der Waals surface area contributed by atoms with Gasteiger partial charge in [0.25, 0.3) is 5.91 Å². The van der Waals surface area contributed by atoms with E-state index in [1.165, 1.54) is 19.2 Å². The van der Waals surface area contributed by atoms with Crippen molar-refractivity contribution >= 4 is 16.8 Å². The number of aliphatic hydroxyl groups is 1. The second kappa shape index (κ2) is 10.1. The third-order valence-corrected chi connectivity index (χ3v) is 8.52. The second-order valence-electron chi connectivity index (χ2n) is 11.3. The zero-order chi connectivity index (χ0) is 29.8. The van der Waals surface area contributed by atoms with Crippen LogP contribution in [0.4, 0.5) is 4.39 Å². The summed E-state index contributed by atoms with van der Waals surface area (Å²) in [6.45, 7) is 2.22. The summed E-state index contributed by atoms with van der Waals surface area (Å²) in [6, 6.07) is 14.9. The van der Waals surface area contributed by atoms with Gasteiger partial charge in [-0.1, -0.05) is 6.07 Å². The van der Waals surface area contributed by atoms with Gasteiger partial charge in [0, 0.05) is 28.3 Å². The number of benzene rings is 2. The number of carbonyl (C=O) groups is 1. The number of rotatable bonds is 8. The lowest BCUT2D eigenvalue weighted by molar-refractivity contribution is 0.00945. The van der Waals surface area contributed by atoms with Crippen molar-refractivity contribution in [2.45, 2.75) is 30.9 Å². The summed E-state index contributed by atoms with van der Waals surface area (Å²) < 4.78 is 27.4. The van der Waals surface area contributed by atoms with Crippen molar-refractivity contribution < 1.29 is 23.8 Å². The quantitative estimate of drug-likeness (QED) is 0.280. The number of aromatic nitrogens is 5. The molecular formula is C32H29FN6O4. The van der Waals surface area contributed by atoms with Crippen molar-refractivity contribution in [1.82, 2.24) is 30.0 Å². The highest BCUT2D eigenvalue weighted by Gasteiger charge is 2.49. The van der Waals surface area contributed by atoms with E-state index >= 15 is 0 Å². The van der Waals surface area contributed by atoms with Crippen LogP contribution in [0.25, 0.3) is 22.2 Å². The third-order valence-electron chi connectivity index (χ3n) is 8.52. The Kier molecular flexibility index (Phi) is 6.35. The van der Waals surface area contributed by atoms with Crippen molar-refractivity contribution in [2.75, 3.05) is 20.3 Å². The van der Waals surface area contributed by atoms with Crippen LogP contribution in [0.2, 0.25) is 0 Å². The minimum atomic E-state index is -1.47. The van der Waals surface area contributed by atoms with Crippen LogP contribution in [-0.2, 0) is 11.1 Å². The molecule has 2 aromatic carbocycles. The van der Waals surface area contributed by atoms with Gasteiger partial charge in [-0.25, -0.2) is 9.37 Å². The average Bonchev–Trinajstić information content (AvgIpc) is 3.64. The van der Waals surface area contributed by atoms with Gasteiger partial charge in [0.15, 0.2) is 5.75 Å². The molecule has 0 radical (unpaired) electrons. The van der Waals surface area contributed by atoms with Gasteiger partial charge in [-0.05, 0) is 74.2 Å². The predicted octanol–water partition coefficient (Wildman–Crippen LogP) is 4.22. The molecule has 1 unspecified atom stereocenters. The lowest BCUT2D eigenvalue weighted by Crippen LogP contribution is -2.43. The molecule has 1 saturated carbocycles. The van der Waals surface area contributed by atoms with Crippen LogP contribution < -0.4 is 14.8 Å². The predicted molar refractivity (Wildman–Crippen MR) is 155 cm³/mol. The molecule has 43 heavy (non-hydrogen) atoms. The summed E-state index contributed by atoms with van der Waals surface area (Å²) >= 11 is 0. The highest BCUT2D eigenvalue weighted by atomic mass is 19.1. The number of fused-ring (bicyclic) bond motifs is 2. The topological polar surface area (TPSA) is 124 Å². The van der Waals surface area contributed by atoms with Crippen LogP contribution in [-0.4, -0.2) is 56.0 Å². The smallest absolute Gasteiger partial charge is 0.251 e. The monoisotopic (exact) mass is 580 g/mol. The first kappa shape index (κ1) is 27.0. The van der Waals surface area contributed by atoms with Gasteiger partial charge in [-0.15, -0.1) is 10.2 Å². The Hall–Kier alpha value is -4.90. The molecule has 1 aliphatic heterocycles. The molecule has 10 nitrogen and oxygen atoms in total. The maximum Gasteiger partial charge on any atom is 0.251 e. The van der Waals surface area contributed by atoms with Gasteiger partial charge in [0.05, 0.1) is 19.3 Å². The lowest BCUT2D eigenvalue weighted by Gasteiger charge is -2.30. The first-order chi connectivity index (χ1) is 20.8. The zero-order valence-corrected chi connectivity index (χ0v) is 23.6. The number of halogens is 1. The molecule has 2 atom stereocenters. The van der Waals surface area contributed by atoms with E-state index in [2.05, 4.69) is 20.5 Å². The Bertz CT molecular complexity index is 1840. The SMILES string of the molecule is COc1cc(C(=O)NCC(O)(c2cc3c(c(-c4ccc(F)cc4)n2)OC[C@]3(C)n2cnnc2)C2CC2)cc2cccnc12. The number of nitrogens with zero attached hydrogens (tertiary/aromatic N) is 5. The van der Waals surface area contributed by atoms with E-state index in [1.54, 1.807) is 49.2 Å². The van der Waals surface area contributed by atoms with Gasteiger partial charge in [0.1, 0.15) is 53.2 Å². The van der Waals surface area contributed by atoms with Crippen LogP contribution in [0.15, 0.2) is 73.4 Å². The van der Waals surface area contributed by atoms with E-state index < -0.39 is 11.1 Å². The van der Waals surface area contributed by atoms with Crippen LogP contribution >= 0.6 is 0 Å². The molecule has 5 aromatic rings. The van der Waals surface area contributed by atoms with Gasteiger partial charge in [0.2, 0.25) is 0 Å². The molecule has 4 heterocycles. The van der Waals surface area contributed by atoms with Gasteiger partial charge >= 0.3 is 0 Å². The maximum atomic E-state index is 13.9. The van der Waals surface area contributed by atoms with Crippen molar-refractivity contribution in [3.8, 4) is 22.8 Å². The molecule has 2 N–H and O–H groups in total. The summed E-state index contributed by atoms with van der Waals surface area (Å²) in [5.41, 5.74) is 1.20. The molecule has 3 aromatic heterocycles. The summed E-state index contributed by atoms with van der Waals surface area (Å²) in [4.78, 5) is 22.7. The molecule has 218 valence electrons. The number of pyridine rings is 2. The Balaban J connectivity index is 1.29. The number of amides is 1. The molecular weight excluding hydrogens is 551 g/mol. The molecule has 0 spiro atoms. The van der Waals surface area contributed by atoms with Gasteiger partial charge in [-0.2, -0.15) is 0 Å². The number of carbonyl (C=O) groups excluding carboxylic acids is 1. The molecule has 7 rings (SSSR count). The van der Waals surface area contributed by atoms with Gasteiger partial charge < -0.3 is 24.5 Å². The lowest BCUT2D eigenvalue weighted by atomic mass is 9.86. The van der Waals surface area contributed by atoms with Crippen LogP contribution in [0.3, 0.4) is 0 Å². The van der Waals surface area contributed by atoms with Crippen LogP contribution in [0, 0.1) is 11.7 Å². The minimum Gasteiger partial charge on any atom is -0.494 e. The number of methoxy groups -OCH3 is 1. The van der Waals surface area contributed by atoms with E-state index in [0.29, 0.717) is 39.5 Å². The number of ether oxygens (including phenoxy) is 2. The second-order valence-corrected chi connectivity index (χ2v) is 11.3. The largest absolute Gasteiger partial charge is 0.494 e. The number of hydrogen-bond donors (Lipinski definition) is 2. The minimum absolute atomic E-state index is 0.0667. The first-order valence-corrected chi connectivity index (χ1v) is 14.0. The van der Waals surface area contributed by atoms with Crippen molar-refractivity contribution in [1.29, 1.82) is 0 Å². The molecule has 0 bridgehead atoms. The molecule has 1 fully saturated rings. The van der Waals surface area contributed by atoms with E-state index in [0.717, 1.165) is 23.8 Å². The van der Waals surface area contributed by atoms with E-state index in [-0.39, 0.29) is 30.8 Å². The Morgan fingerprint density at radius 1 is 1.19 bits per heavy atom. The zero-order valence-electron chi connectivity index (χ0n) is 23.6. The first-order valence-electron chi connectivity index (χ1n) is 14.0. The van der Waals surface area contributed by atoms with Gasteiger partial charge in [-0.3, -0.25) is 9.78 Å². The normalized spacial score (nSPS) is 19.0. The molecule has 11 heteroatoms. The van der Waals surface area contributed by atoms with E-state index in [4.69, 9.17) is 14.5 Å². The highest BCUT2D eigenvalue weighted by Crippen LogP contribution is 2.50. The van der Waals surface area contributed by atoms with Crippen LogP contribution in [0.5, 0.6) is 11.5 Å². The summed E-state index contributed by atoms with van der Waals surface area (Å²) in [6.07, 6.45) is 6.48. The maximum absolute atomic E-state index is 13.9. The van der Waals surface area contributed by atoms with Crippen LogP contribution in [0.1, 0.15) is 41.4 Å². The average molecular weight is 581 g/mol. The van der Waals surface area contributed by atoms with E-state index in [9.17, 15) is 14.3 Å². The highest BCUT2D eigenvalue weighted by molar-refractivity contribution is 5.99. The van der Waals surface area contributed by atoms with Crippen molar-refractivity contribution in [3.05, 3.63) is 96.1 Å². The molecule has 2 aliphatic rings.